The predicted molar refractivity (Wildman–Crippen MR) is 57.2 cm³/mol. The fourth-order valence-electron chi connectivity index (χ4n) is 0.866. The van der Waals surface area contributed by atoms with Crippen molar-refractivity contribution in [2.75, 3.05) is 19.8 Å². The van der Waals surface area contributed by atoms with Gasteiger partial charge < -0.3 is 9.47 Å². The molecule has 0 bridgehead atoms. The van der Waals surface area contributed by atoms with Gasteiger partial charge in [0.1, 0.15) is 0 Å². The highest BCUT2D eigenvalue weighted by molar-refractivity contribution is 7.87. The van der Waals surface area contributed by atoms with Crippen molar-refractivity contribution in [3.8, 4) is 0 Å². The van der Waals surface area contributed by atoms with Crippen molar-refractivity contribution in [3.63, 3.8) is 0 Å². The molecule has 5 nitrogen and oxygen atoms in total. The monoisotopic (exact) mass is 294 g/mol. The van der Waals surface area contributed by atoms with Crippen LogP contribution in [0.25, 0.3) is 0 Å². The molecule has 0 amide bonds. The average Bonchev–Trinajstić information content (AvgIpc) is 2.23. The number of hydrogen-bond acceptors (Lipinski definition) is 5. The Bertz CT molecular complexity index is 315. The lowest BCUT2D eigenvalue weighted by molar-refractivity contribution is -0.135. The third-order valence-electron chi connectivity index (χ3n) is 1.81. The first-order chi connectivity index (χ1) is 8.20. The quantitative estimate of drug-likeness (QED) is 0.282. The molecule has 0 saturated carbocycles. The molecule has 0 aliphatic heterocycles. The molecular weight excluding hydrogens is 277 g/mol. The van der Waals surface area contributed by atoms with E-state index in [4.69, 9.17) is 9.47 Å². The Morgan fingerprint density at radius 3 is 2.17 bits per heavy atom. The minimum Gasteiger partial charge on any atom is -0.353 e. The summed E-state index contributed by atoms with van der Waals surface area (Å²) in [5.74, 6) is 0. The van der Waals surface area contributed by atoms with E-state index in [1.54, 1.807) is 6.92 Å². The highest BCUT2D eigenvalue weighted by Crippen LogP contribution is 2.24. The van der Waals surface area contributed by atoms with Crippen molar-refractivity contribution in [1.82, 2.24) is 0 Å². The fraction of sp³-hybridized carbons (Fsp3) is 1.00. The lowest BCUT2D eigenvalue weighted by atomic mass is 10.4. The topological polar surface area (TPSA) is 61.8 Å². The summed E-state index contributed by atoms with van der Waals surface area (Å²) in [5, 5.41) is 0. The van der Waals surface area contributed by atoms with E-state index >= 15 is 0 Å². The van der Waals surface area contributed by atoms with Gasteiger partial charge in [-0.15, -0.1) is 0 Å². The van der Waals surface area contributed by atoms with Crippen LogP contribution in [-0.2, 0) is 23.8 Å². The molecule has 0 heterocycles. The standard InChI is InChI=1S/C9H17F3O5S/c1-3-4-5-15-8(2)16-6-7-17-18(13,14)9(10,11)12/h8H,3-7H2,1-2H3. The predicted octanol–water partition coefficient (Wildman–Crippen LogP) is 2.03. The summed E-state index contributed by atoms with van der Waals surface area (Å²) in [7, 11) is -5.54. The van der Waals surface area contributed by atoms with Crippen molar-refractivity contribution in [2.24, 2.45) is 0 Å². The first-order valence-electron chi connectivity index (χ1n) is 5.39. The molecule has 0 spiro atoms. The summed E-state index contributed by atoms with van der Waals surface area (Å²) in [6.07, 6.45) is 1.17. The molecule has 18 heavy (non-hydrogen) atoms. The Morgan fingerprint density at radius 2 is 1.67 bits per heavy atom. The van der Waals surface area contributed by atoms with Gasteiger partial charge in [0.15, 0.2) is 6.29 Å². The summed E-state index contributed by atoms with van der Waals surface area (Å²) in [6.45, 7) is 3.00. The van der Waals surface area contributed by atoms with Crippen molar-refractivity contribution in [1.29, 1.82) is 0 Å². The molecule has 1 unspecified atom stereocenters. The van der Waals surface area contributed by atoms with Crippen LogP contribution in [0.2, 0.25) is 0 Å². The van der Waals surface area contributed by atoms with E-state index in [1.165, 1.54) is 0 Å². The van der Waals surface area contributed by atoms with Gasteiger partial charge in [-0.2, -0.15) is 21.6 Å². The number of ether oxygens (including phenoxy) is 2. The zero-order valence-corrected chi connectivity index (χ0v) is 11.0. The van der Waals surface area contributed by atoms with E-state index in [1.807, 2.05) is 6.92 Å². The number of hydrogen-bond donors (Lipinski definition) is 0. The van der Waals surface area contributed by atoms with Crippen LogP contribution in [0, 0.1) is 0 Å². The molecule has 0 aromatic rings. The third kappa shape index (κ3) is 7.14. The van der Waals surface area contributed by atoms with Gasteiger partial charge >= 0.3 is 15.6 Å². The molecule has 0 aliphatic carbocycles. The Kier molecular flexibility index (Phi) is 7.76. The van der Waals surface area contributed by atoms with Crippen LogP contribution in [0.3, 0.4) is 0 Å². The van der Waals surface area contributed by atoms with Crippen molar-refractivity contribution < 1.29 is 35.2 Å². The molecule has 0 aromatic carbocycles. The Balaban J connectivity index is 3.74. The van der Waals surface area contributed by atoms with Gasteiger partial charge in [0.2, 0.25) is 0 Å². The summed E-state index contributed by atoms with van der Waals surface area (Å²) in [6, 6.07) is 0. The summed E-state index contributed by atoms with van der Waals surface area (Å²) < 4.78 is 70.3. The summed E-state index contributed by atoms with van der Waals surface area (Å²) >= 11 is 0. The second kappa shape index (κ2) is 7.93. The van der Waals surface area contributed by atoms with Crippen LogP contribution in [0.15, 0.2) is 0 Å². The molecule has 0 radical (unpaired) electrons. The van der Waals surface area contributed by atoms with Gasteiger partial charge in [0.25, 0.3) is 0 Å². The Morgan fingerprint density at radius 1 is 1.11 bits per heavy atom. The molecule has 0 saturated heterocycles. The highest BCUT2D eigenvalue weighted by atomic mass is 32.2. The molecule has 0 N–H and O–H groups in total. The van der Waals surface area contributed by atoms with E-state index < -0.39 is 28.5 Å². The second-order valence-corrected chi connectivity index (χ2v) is 4.99. The molecule has 110 valence electrons. The minimum absolute atomic E-state index is 0.303. The van der Waals surface area contributed by atoms with Crippen LogP contribution in [0.5, 0.6) is 0 Å². The van der Waals surface area contributed by atoms with Crippen molar-refractivity contribution in [3.05, 3.63) is 0 Å². The zero-order valence-electron chi connectivity index (χ0n) is 10.2. The van der Waals surface area contributed by atoms with Gasteiger partial charge in [-0.3, -0.25) is 4.18 Å². The Hall–Kier alpha value is -0.380. The average molecular weight is 294 g/mol. The molecular formula is C9H17F3O5S. The first-order valence-corrected chi connectivity index (χ1v) is 6.80. The molecule has 0 fully saturated rings. The first kappa shape index (κ1) is 17.6. The Labute approximate surface area is 104 Å². The molecule has 9 heteroatoms. The van der Waals surface area contributed by atoms with Gasteiger partial charge in [0, 0.05) is 6.61 Å². The largest absolute Gasteiger partial charge is 0.523 e. The molecule has 0 aromatic heterocycles. The van der Waals surface area contributed by atoms with Crippen molar-refractivity contribution >= 4 is 10.1 Å². The van der Waals surface area contributed by atoms with Gasteiger partial charge in [0.05, 0.1) is 13.2 Å². The third-order valence-corrected chi connectivity index (χ3v) is 2.85. The number of alkyl halides is 3. The van der Waals surface area contributed by atoms with Crippen molar-refractivity contribution in [2.45, 2.75) is 38.5 Å². The van der Waals surface area contributed by atoms with E-state index in [-0.39, 0.29) is 6.61 Å². The second-order valence-electron chi connectivity index (χ2n) is 3.38. The van der Waals surface area contributed by atoms with Crippen LogP contribution < -0.4 is 0 Å². The SMILES string of the molecule is CCCCOC(C)OCCOS(=O)(=O)C(F)(F)F. The molecule has 0 aliphatic rings. The minimum atomic E-state index is -5.54. The highest BCUT2D eigenvalue weighted by Gasteiger charge is 2.47. The lowest BCUT2D eigenvalue weighted by Crippen LogP contribution is -2.27. The van der Waals surface area contributed by atoms with Crippen LogP contribution >= 0.6 is 0 Å². The van der Waals surface area contributed by atoms with E-state index in [0.29, 0.717) is 6.61 Å². The number of unbranched alkanes of at least 4 members (excludes halogenated alkanes) is 1. The number of halogens is 3. The normalized spacial score (nSPS) is 14.7. The van der Waals surface area contributed by atoms with E-state index in [0.717, 1.165) is 12.8 Å². The lowest BCUT2D eigenvalue weighted by Gasteiger charge is -2.14. The van der Waals surface area contributed by atoms with Crippen LogP contribution in [0.1, 0.15) is 26.7 Å². The van der Waals surface area contributed by atoms with Gasteiger partial charge in [-0.25, -0.2) is 0 Å². The summed E-state index contributed by atoms with van der Waals surface area (Å²) in [4.78, 5) is 0. The van der Waals surface area contributed by atoms with Crippen LogP contribution in [-0.4, -0.2) is 40.0 Å². The molecule has 1 atom stereocenters. The van der Waals surface area contributed by atoms with Gasteiger partial charge in [-0.05, 0) is 13.3 Å². The molecule has 0 rings (SSSR count). The smallest absolute Gasteiger partial charge is 0.353 e. The maximum absolute atomic E-state index is 11.8. The number of rotatable bonds is 9. The fourth-order valence-corrected chi connectivity index (χ4v) is 1.29. The van der Waals surface area contributed by atoms with Gasteiger partial charge in [-0.1, -0.05) is 13.3 Å². The van der Waals surface area contributed by atoms with E-state index in [9.17, 15) is 21.6 Å². The maximum atomic E-state index is 11.8. The van der Waals surface area contributed by atoms with Crippen LogP contribution in [0.4, 0.5) is 13.2 Å². The zero-order chi connectivity index (χ0) is 14.2. The van der Waals surface area contributed by atoms with E-state index in [2.05, 4.69) is 4.18 Å². The maximum Gasteiger partial charge on any atom is 0.523 e. The summed E-state index contributed by atoms with van der Waals surface area (Å²) in [5.41, 5.74) is -5.41.